The van der Waals surface area contributed by atoms with Gasteiger partial charge in [-0.2, -0.15) is 5.10 Å². The highest BCUT2D eigenvalue weighted by Crippen LogP contribution is 2.16. The zero-order valence-corrected chi connectivity index (χ0v) is 16.7. The predicted molar refractivity (Wildman–Crippen MR) is 118 cm³/mol. The van der Waals surface area contributed by atoms with E-state index < -0.39 is 0 Å². The molecule has 0 bridgehead atoms. The molecular formula is C25H22N2O3. The van der Waals surface area contributed by atoms with Crippen LogP contribution in [0.15, 0.2) is 77.9 Å². The molecule has 1 N–H and O–H groups in total. The van der Waals surface area contributed by atoms with E-state index in [4.69, 9.17) is 15.9 Å². The van der Waals surface area contributed by atoms with Gasteiger partial charge >= 0.3 is 0 Å². The molecule has 0 atom stereocenters. The number of rotatable bonds is 8. The highest BCUT2D eigenvalue weighted by atomic mass is 16.5. The Morgan fingerprint density at radius 1 is 1.03 bits per heavy atom. The zero-order chi connectivity index (χ0) is 21.2. The van der Waals surface area contributed by atoms with Crippen molar-refractivity contribution in [2.45, 2.75) is 13.5 Å². The average molecular weight is 398 g/mol. The van der Waals surface area contributed by atoms with E-state index >= 15 is 0 Å². The third kappa shape index (κ3) is 5.98. The average Bonchev–Trinajstić information content (AvgIpc) is 2.78. The van der Waals surface area contributed by atoms with Crippen molar-refractivity contribution in [2.75, 3.05) is 6.61 Å². The fraction of sp³-hybridized carbons (Fsp3) is 0.120. The maximum Gasteiger partial charge on any atom is 0.271 e. The molecule has 0 radical (unpaired) electrons. The fourth-order valence-corrected chi connectivity index (χ4v) is 2.62. The summed E-state index contributed by atoms with van der Waals surface area (Å²) in [6, 6.07) is 22.4. The van der Waals surface area contributed by atoms with Crippen LogP contribution in [0.5, 0.6) is 11.5 Å². The Hall–Kier alpha value is -4.04. The number of nitrogens with one attached hydrogen (secondary N) is 1. The van der Waals surface area contributed by atoms with Crippen molar-refractivity contribution in [3.8, 4) is 23.8 Å². The van der Waals surface area contributed by atoms with E-state index in [0.717, 1.165) is 5.56 Å². The van der Waals surface area contributed by atoms with Gasteiger partial charge in [0, 0.05) is 11.1 Å². The Balaban J connectivity index is 1.54. The molecule has 1 amide bonds. The van der Waals surface area contributed by atoms with Crippen molar-refractivity contribution in [1.29, 1.82) is 0 Å². The van der Waals surface area contributed by atoms with Crippen LogP contribution in [-0.2, 0) is 6.61 Å². The Bertz CT molecular complexity index is 1050. The van der Waals surface area contributed by atoms with E-state index in [9.17, 15) is 4.79 Å². The van der Waals surface area contributed by atoms with Crippen LogP contribution < -0.4 is 14.9 Å². The molecule has 0 aliphatic rings. The first-order valence-electron chi connectivity index (χ1n) is 9.43. The number of carbonyl (C=O) groups is 1. The summed E-state index contributed by atoms with van der Waals surface area (Å²) in [7, 11) is 0. The third-order valence-corrected chi connectivity index (χ3v) is 4.24. The Morgan fingerprint density at radius 3 is 2.50 bits per heavy atom. The summed E-state index contributed by atoms with van der Waals surface area (Å²) in [5, 5.41) is 4.00. The fourth-order valence-electron chi connectivity index (χ4n) is 2.62. The number of hydrogen-bond acceptors (Lipinski definition) is 4. The van der Waals surface area contributed by atoms with Crippen LogP contribution in [0.1, 0.15) is 27.0 Å². The maximum atomic E-state index is 12.3. The molecule has 0 spiro atoms. The van der Waals surface area contributed by atoms with E-state index in [0.29, 0.717) is 29.2 Å². The van der Waals surface area contributed by atoms with Gasteiger partial charge in [-0.25, -0.2) is 5.43 Å². The highest BCUT2D eigenvalue weighted by Gasteiger charge is 2.05. The lowest BCUT2D eigenvalue weighted by Crippen LogP contribution is -2.17. The van der Waals surface area contributed by atoms with E-state index in [1.165, 1.54) is 11.8 Å². The third-order valence-electron chi connectivity index (χ3n) is 4.24. The van der Waals surface area contributed by atoms with E-state index in [1.54, 1.807) is 30.3 Å². The first-order chi connectivity index (χ1) is 14.7. The van der Waals surface area contributed by atoms with Gasteiger partial charge in [-0.15, -0.1) is 6.42 Å². The molecule has 0 fully saturated rings. The molecule has 0 saturated heterocycles. The first-order valence-corrected chi connectivity index (χ1v) is 9.43. The summed E-state index contributed by atoms with van der Waals surface area (Å²) in [6.07, 6.45) is 6.74. The summed E-state index contributed by atoms with van der Waals surface area (Å²) >= 11 is 0. The van der Waals surface area contributed by atoms with Gasteiger partial charge in [-0.3, -0.25) is 4.79 Å². The molecule has 0 aliphatic carbocycles. The Labute approximate surface area is 176 Å². The summed E-state index contributed by atoms with van der Waals surface area (Å²) in [4.78, 5) is 12.3. The van der Waals surface area contributed by atoms with Gasteiger partial charge < -0.3 is 9.47 Å². The summed E-state index contributed by atoms with van der Waals surface area (Å²) < 4.78 is 11.2. The first kappa shape index (κ1) is 20.7. The van der Waals surface area contributed by atoms with Gasteiger partial charge in [0.25, 0.3) is 5.91 Å². The van der Waals surface area contributed by atoms with Crippen molar-refractivity contribution < 1.29 is 14.3 Å². The second kappa shape index (κ2) is 10.5. The van der Waals surface area contributed by atoms with Gasteiger partial charge in [0.1, 0.15) is 24.7 Å². The molecule has 0 saturated carbocycles. The molecule has 3 aromatic rings. The second-order valence-electron chi connectivity index (χ2n) is 6.53. The number of terminal acetylenes is 1. The predicted octanol–water partition coefficient (Wildman–Crippen LogP) is 4.35. The zero-order valence-electron chi connectivity index (χ0n) is 16.7. The van der Waals surface area contributed by atoms with Crippen LogP contribution in [0.25, 0.3) is 0 Å². The number of nitrogens with zero attached hydrogens (tertiary/aromatic N) is 1. The van der Waals surface area contributed by atoms with E-state index in [2.05, 4.69) is 16.4 Å². The summed E-state index contributed by atoms with van der Waals surface area (Å²) in [5.41, 5.74) is 6.00. The lowest BCUT2D eigenvalue weighted by atomic mass is 10.2. The van der Waals surface area contributed by atoms with E-state index in [1.807, 2.05) is 49.4 Å². The molecule has 0 heterocycles. The molecule has 3 aromatic carbocycles. The van der Waals surface area contributed by atoms with Crippen molar-refractivity contribution in [3.63, 3.8) is 0 Å². The topological polar surface area (TPSA) is 59.9 Å². The monoisotopic (exact) mass is 398 g/mol. The number of benzene rings is 3. The molecule has 150 valence electrons. The smallest absolute Gasteiger partial charge is 0.271 e. The van der Waals surface area contributed by atoms with Crippen LogP contribution in [0.2, 0.25) is 0 Å². The molecular weight excluding hydrogens is 376 g/mol. The molecule has 5 heteroatoms. The van der Waals surface area contributed by atoms with Crippen LogP contribution in [0.4, 0.5) is 0 Å². The molecule has 30 heavy (non-hydrogen) atoms. The summed E-state index contributed by atoms with van der Waals surface area (Å²) in [6.45, 7) is 2.68. The van der Waals surface area contributed by atoms with Gasteiger partial charge in [0.2, 0.25) is 0 Å². The van der Waals surface area contributed by atoms with Crippen LogP contribution in [0, 0.1) is 19.3 Å². The van der Waals surface area contributed by atoms with Crippen LogP contribution in [-0.4, -0.2) is 18.7 Å². The minimum atomic E-state index is -0.321. The quantitative estimate of drug-likeness (QED) is 0.349. The Morgan fingerprint density at radius 2 is 1.77 bits per heavy atom. The van der Waals surface area contributed by atoms with Crippen molar-refractivity contribution in [2.24, 2.45) is 5.10 Å². The Kier molecular flexibility index (Phi) is 7.23. The maximum absolute atomic E-state index is 12.3. The number of amides is 1. The van der Waals surface area contributed by atoms with Gasteiger partial charge in [0.15, 0.2) is 0 Å². The number of aryl methyl sites for hydroxylation is 1. The van der Waals surface area contributed by atoms with Gasteiger partial charge in [-0.05, 0) is 48.9 Å². The minimum Gasteiger partial charge on any atom is -0.489 e. The SMILES string of the molecule is C#CCOc1ccccc1/C=N/NC(=O)c1ccc(OCc2ccc(C)cc2)cc1. The second-order valence-corrected chi connectivity index (χ2v) is 6.53. The lowest BCUT2D eigenvalue weighted by Gasteiger charge is -2.07. The van der Waals surface area contributed by atoms with E-state index in [-0.39, 0.29) is 12.5 Å². The lowest BCUT2D eigenvalue weighted by molar-refractivity contribution is 0.0955. The van der Waals surface area contributed by atoms with Crippen molar-refractivity contribution in [3.05, 3.63) is 95.1 Å². The molecule has 5 nitrogen and oxygen atoms in total. The molecule has 0 aromatic heterocycles. The van der Waals surface area contributed by atoms with Crippen molar-refractivity contribution >= 4 is 12.1 Å². The van der Waals surface area contributed by atoms with Crippen LogP contribution in [0.3, 0.4) is 0 Å². The summed E-state index contributed by atoms with van der Waals surface area (Å²) in [5.74, 6) is 3.39. The normalized spacial score (nSPS) is 10.4. The van der Waals surface area contributed by atoms with Crippen molar-refractivity contribution in [1.82, 2.24) is 5.43 Å². The highest BCUT2D eigenvalue weighted by molar-refractivity contribution is 5.95. The number of para-hydroxylation sites is 1. The van der Waals surface area contributed by atoms with Gasteiger partial charge in [0.05, 0.1) is 6.21 Å². The number of hydrazone groups is 1. The molecule has 0 aliphatic heterocycles. The number of carbonyl (C=O) groups excluding carboxylic acids is 1. The van der Waals surface area contributed by atoms with Crippen LogP contribution >= 0.6 is 0 Å². The number of hydrogen-bond donors (Lipinski definition) is 1. The molecule has 0 unspecified atom stereocenters. The molecule has 3 rings (SSSR count). The van der Waals surface area contributed by atoms with Gasteiger partial charge in [-0.1, -0.05) is 47.9 Å². The number of ether oxygens (including phenoxy) is 2. The largest absolute Gasteiger partial charge is 0.489 e. The standard InChI is InChI=1S/C25H22N2O3/c1-3-16-29-24-7-5-4-6-22(24)17-26-27-25(28)21-12-14-23(15-13-21)30-18-20-10-8-19(2)9-11-20/h1,4-15,17H,16,18H2,2H3,(H,27,28)/b26-17+. The minimum absolute atomic E-state index is 0.162.